The molecular weight excluding hydrogens is 198 g/mol. The van der Waals surface area contributed by atoms with Crippen LogP contribution in [0.4, 0.5) is 0 Å². The van der Waals surface area contributed by atoms with Gasteiger partial charge < -0.3 is 4.90 Å². The number of nitrogens with zero attached hydrogens (tertiary/aromatic N) is 1. The summed E-state index contributed by atoms with van der Waals surface area (Å²) in [5.41, 5.74) is 2.29. The molecule has 2 heteroatoms. The van der Waals surface area contributed by atoms with Crippen molar-refractivity contribution in [3.8, 4) is 0 Å². The first-order valence-electron chi connectivity index (χ1n) is 6.71. The van der Waals surface area contributed by atoms with Gasteiger partial charge in [-0.05, 0) is 38.9 Å². The normalized spacial score (nSPS) is 20.1. The van der Waals surface area contributed by atoms with Crippen LogP contribution in [0.1, 0.15) is 39.0 Å². The third kappa shape index (κ3) is 5.52. The minimum absolute atomic E-state index is 0.548. The molecule has 88 valence electrons. The Kier molecular flexibility index (Phi) is 7.02. The van der Waals surface area contributed by atoms with E-state index in [1.807, 2.05) is 0 Å². The van der Waals surface area contributed by atoms with E-state index in [0.29, 0.717) is 0 Å². The van der Waals surface area contributed by atoms with Gasteiger partial charge in [-0.2, -0.15) is 0 Å². The molecule has 0 radical (unpaired) electrons. The summed E-state index contributed by atoms with van der Waals surface area (Å²) in [6.07, 6.45) is 7.08. The molecule has 1 heterocycles. The first-order chi connectivity index (χ1) is 7.36. The zero-order chi connectivity index (χ0) is 10.9. The molecule has 0 aromatic heterocycles. The summed E-state index contributed by atoms with van der Waals surface area (Å²) >= 11 is 0. The lowest BCUT2D eigenvalue weighted by Gasteiger charge is -2.26. The molecule has 0 N–H and O–H groups in total. The fourth-order valence-electron chi connectivity index (χ4n) is 2.51. The second kappa shape index (κ2) is 8.11. The van der Waals surface area contributed by atoms with Crippen LogP contribution in [0.5, 0.6) is 0 Å². The highest BCUT2D eigenvalue weighted by molar-refractivity contribution is 6.64. The molecule has 0 amide bonds. The molecule has 0 bridgehead atoms. The maximum atomic E-state index is 3.99. The lowest BCUT2D eigenvalue weighted by atomic mass is 10.1. The van der Waals surface area contributed by atoms with Crippen LogP contribution in [0.25, 0.3) is 0 Å². The van der Waals surface area contributed by atoms with Gasteiger partial charge in [-0.1, -0.05) is 31.9 Å². The molecular formula is C13H27NSi. The molecule has 1 aliphatic rings. The van der Waals surface area contributed by atoms with Crippen molar-refractivity contribution in [1.82, 2.24) is 4.90 Å². The summed E-state index contributed by atoms with van der Waals surface area (Å²) in [7, 11) is -0.548. The van der Waals surface area contributed by atoms with E-state index in [-0.39, 0.29) is 0 Å². The summed E-state index contributed by atoms with van der Waals surface area (Å²) in [6.45, 7) is 10.4. The minimum atomic E-state index is -0.548. The lowest BCUT2D eigenvalue weighted by Crippen LogP contribution is -2.31. The highest BCUT2D eigenvalue weighted by Gasteiger charge is 2.10. The summed E-state index contributed by atoms with van der Waals surface area (Å²) in [6, 6.07) is 2.94. The van der Waals surface area contributed by atoms with Crippen molar-refractivity contribution in [2.24, 2.45) is 0 Å². The monoisotopic (exact) mass is 225 g/mol. The van der Waals surface area contributed by atoms with Crippen LogP contribution in [0.2, 0.25) is 12.1 Å². The Morgan fingerprint density at radius 3 is 2.53 bits per heavy atom. The largest absolute Gasteiger partial charge is 0.303 e. The minimum Gasteiger partial charge on any atom is -0.303 e. The van der Waals surface area contributed by atoms with Crippen LogP contribution in [0, 0.1) is 0 Å². The van der Waals surface area contributed by atoms with Crippen LogP contribution >= 0.6 is 0 Å². The average Bonchev–Trinajstić information content (AvgIpc) is 2.29. The van der Waals surface area contributed by atoms with Gasteiger partial charge in [0.25, 0.3) is 0 Å². The van der Waals surface area contributed by atoms with Crippen LogP contribution in [0.15, 0.2) is 12.3 Å². The molecule has 1 atom stereocenters. The van der Waals surface area contributed by atoms with Gasteiger partial charge >= 0.3 is 0 Å². The predicted octanol–water partition coefficient (Wildman–Crippen LogP) is 3.22. The Morgan fingerprint density at radius 2 is 1.93 bits per heavy atom. The highest BCUT2D eigenvalue weighted by Crippen LogP contribution is 2.12. The maximum Gasteiger partial charge on any atom is 0.0607 e. The van der Waals surface area contributed by atoms with E-state index >= 15 is 0 Å². The van der Waals surface area contributed by atoms with Crippen LogP contribution in [-0.4, -0.2) is 33.3 Å². The molecule has 1 nitrogen and oxygen atoms in total. The first-order valence-corrected chi connectivity index (χ1v) is 9.01. The van der Waals surface area contributed by atoms with E-state index in [1.54, 1.807) is 0 Å². The average molecular weight is 225 g/mol. The van der Waals surface area contributed by atoms with Crippen molar-refractivity contribution in [1.29, 1.82) is 0 Å². The zero-order valence-electron chi connectivity index (χ0n) is 10.4. The van der Waals surface area contributed by atoms with Crippen molar-refractivity contribution in [2.75, 3.05) is 19.6 Å². The Bertz CT molecular complexity index is 164. The number of piperidine rings is 1. The zero-order valence-corrected chi connectivity index (χ0v) is 11.5. The third-order valence-electron chi connectivity index (χ3n) is 3.49. The number of rotatable bonds is 7. The van der Waals surface area contributed by atoms with Gasteiger partial charge in [0.2, 0.25) is 0 Å². The summed E-state index contributed by atoms with van der Waals surface area (Å²) < 4.78 is 0. The van der Waals surface area contributed by atoms with Gasteiger partial charge in [0, 0.05) is 0 Å². The second-order valence-corrected chi connectivity index (χ2v) is 7.98. The van der Waals surface area contributed by atoms with E-state index in [0.717, 1.165) is 0 Å². The van der Waals surface area contributed by atoms with E-state index in [4.69, 9.17) is 0 Å². The quantitative estimate of drug-likeness (QED) is 0.601. The molecule has 0 saturated carbocycles. The smallest absolute Gasteiger partial charge is 0.0607 e. The van der Waals surface area contributed by atoms with E-state index in [1.165, 1.54) is 63.8 Å². The van der Waals surface area contributed by atoms with Crippen LogP contribution in [0.3, 0.4) is 0 Å². The topological polar surface area (TPSA) is 3.24 Å². The molecule has 15 heavy (non-hydrogen) atoms. The van der Waals surface area contributed by atoms with Crippen molar-refractivity contribution in [3.05, 3.63) is 12.3 Å². The summed E-state index contributed by atoms with van der Waals surface area (Å²) in [4.78, 5) is 2.66. The maximum absolute atomic E-state index is 3.99. The molecule has 1 saturated heterocycles. The summed E-state index contributed by atoms with van der Waals surface area (Å²) in [5, 5.41) is 0. The van der Waals surface area contributed by atoms with Gasteiger partial charge in [-0.25, -0.2) is 0 Å². The lowest BCUT2D eigenvalue weighted by molar-refractivity contribution is 0.229. The highest BCUT2D eigenvalue weighted by atomic mass is 28.3. The summed E-state index contributed by atoms with van der Waals surface area (Å²) in [5.74, 6) is 0. The molecule has 0 spiro atoms. The van der Waals surface area contributed by atoms with Crippen molar-refractivity contribution in [2.45, 2.75) is 51.1 Å². The molecule has 1 rings (SSSR count). The molecule has 1 fully saturated rings. The van der Waals surface area contributed by atoms with Crippen molar-refractivity contribution >= 4 is 8.80 Å². The van der Waals surface area contributed by atoms with Crippen molar-refractivity contribution in [3.63, 3.8) is 0 Å². The molecule has 1 aliphatic heterocycles. The van der Waals surface area contributed by atoms with Gasteiger partial charge in [0.15, 0.2) is 0 Å². The van der Waals surface area contributed by atoms with E-state index in [9.17, 15) is 0 Å². The number of hydrogen-bond donors (Lipinski definition) is 0. The van der Waals surface area contributed by atoms with Crippen LogP contribution in [-0.2, 0) is 0 Å². The predicted molar refractivity (Wildman–Crippen MR) is 72.2 cm³/mol. The third-order valence-corrected chi connectivity index (χ3v) is 6.63. The SMILES string of the molecule is C=C[SiH](CCC)CCCN1CCCCC1. The van der Waals surface area contributed by atoms with Crippen molar-refractivity contribution < 1.29 is 0 Å². The van der Waals surface area contributed by atoms with E-state index in [2.05, 4.69) is 24.1 Å². The second-order valence-electron chi connectivity index (χ2n) is 4.83. The first kappa shape index (κ1) is 13.0. The standard InChI is InChI=1S/C13H27NSi/c1-3-12-15(4-2)13-8-11-14-9-6-5-7-10-14/h4,15H,2-3,5-13H2,1H3. The fourth-order valence-corrected chi connectivity index (χ4v) is 4.72. The van der Waals surface area contributed by atoms with Crippen LogP contribution < -0.4 is 0 Å². The Hall–Kier alpha value is -0.0831. The number of likely N-dealkylation sites (tertiary alicyclic amines) is 1. The molecule has 0 aliphatic carbocycles. The van der Waals surface area contributed by atoms with Gasteiger partial charge in [-0.15, -0.1) is 12.3 Å². The van der Waals surface area contributed by atoms with E-state index < -0.39 is 8.80 Å². The fraction of sp³-hybridized carbons (Fsp3) is 0.846. The number of hydrogen-bond acceptors (Lipinski definition) is 1. The Balaban J connectivity index is 2.05. The Labute approximate surface area is 97.2 Å². The van der Waals surface area contributed by atoms with Gasteiger partial charge in [0.05, 0.1) is 8.80 Å². The van der Waals surface area contributed by atoms with Gasteiger partial charge in [-0.3, -0.25) is 0 Å². The van der Waals surface area contributed by atoms with Gasteiger partial charge in [0.1, 0.15) is 0 Å². The molecule has 1 unspecified atom stereocenters. The molecule has 0 aromatic carbocycles. The Morgan fingerprint density at radius 1 is 1.20 bits per heavy atom. The molecule has 0 aromatic rings.